The molecule has 0 bridgehead atoms. The molecule has 0 N–H and O–H groups in total. The van der Waals surface area contributed by atoms with Crippen molar-refractivity contribution in [2.24, 2.45) is 7.05 Å². The van der Waals surface area contributed by atoms with Crippen molar-refractivity contribution >= 4 is 17.3 Å². The molecule has 22 heavy (non-hydrogen) atoms. The summed E-state index contributed by atoms with van der Waals surface area (Å²) in [7, 11) is 1.75. The Hall–Kier alpha value is -2.73. The molecule has 0 aliphatic rings. The third kappa shape index (κ3) is 2.44. The molecule has 2 aromatic heterocycles. The van der Waals surface area contributed by atoms with E-state index in [0.29, 0.717) is 27.5 Å². The SMILES string of the molecule is Cn1nccc1-c1cc([N+](=O)[O-])c(-c2ccccn2)cc1Cl. The van der Waals surface area contributed by atoms with E-state index >= 15 is 0 Å². The highest BCUT2D eigenvalue weighted by atomic mass is 35.5. The summed E-state index contributed by atoms with van der Waals surface area (Å²) < 4.78 is 1.62. The first-order chi connectivity index (χ1) is 10.6. The number of rotatable bonds is 3. The average Bonchev–Trinajstić information content (AvgIpc) is 2.93. The molecule has 3 aromatic rings. The van der Waals surface area contributed by atoms with Gasteiger partial charge in [-0.3, -0.25) is 19.8 Å². The second-order valence-electron chi connectivity index (χ2n) is 4.66. The summed E-state index contributed by atoms with van der Waals surface area (Å²) in [4.78, 5) is 15.2. The third-order valence-electron chi connectivity index (χ3n) is 3.32. The number of halogens is 1. The monoisotopic (exact) mass is 314 g/mol. The van der Waals surface area contributed by atoms with Gasteiger partial charge in [-0.25, -0.2) is 0 Å². The van der Waals surface area contributed by atoms with Gasteiger partial charge >= 0.3 is 0 Å². The minimum Gasteiger partial charge on any atom is -0.268 e. The van der Waals surface area contributed by atoms with Gasteiger partial charge in [-0.15, -0.1) is 0 Å². The van der Waals surface area contributed by atoms with Crippen LogP contribution in [0.2, 0.25) is 5.02 Å². The summed E-state index contributed by atoms with van der Waals surface area (Å²) in [6.45, 7) is 0. The number of nitro groups is 1. The van der Waals surface area contributed by atoms with Crippen LogP contribution in [0.25, 0.3) is 22.5 Å². The molecule has 0 unspecified atom stereocenters. The summed E-state index contributed by atoms with van der Waals surface area (Å²) in [6, 6.07) is 10.0. The maximum Gasteiger partial charge on any atom is 0.279 e. The molecule has 0 amide bonds. The first kappa shape index (κ1) is 14.2. The van der Waals surface area contributed by atoms with Gasteiger partial charge < -0.3 is 0 Å². The van der Waals surface area contributed by atoms with Gasteiger partial charge in [0, 0.05) is 31.1 Å². The lowest BCUT2D eigenvalue weighted by molar-refractivity contribution is -0.384. The predicted octanol–water partition coefficient (Wildman–Crippen LogP) is 3.71. The molecule has 0 aliphatic carbocycles. The Morgan fingerprint density at radius 3 is 2.59 bits per heavy atom. The molecule has 6 nitrogen and oxygen atoms in total. The maximum absolute atomic E-state index is 11.4. The van der Waals surface area contributed by atoms with E-state index in [1.54, 1.807) is 54.5 Å². The number of hydrogen-bond donors (Lipinski definition) is 0. The number of aromatic nitrogens is 3. The Morgan fingerprint density at radius 1 is 1.18 bits per heavy atom. The fourth-order valence-electron chi connectivity index (χ4n) is 2.27. The van der Waals surface area contributed by atoms with E-state index in [2.05, 4.69) is 10.1 Å². The largest absolute Gasteiger partial charge is 0.279 e. The number of nitro benzene ring substituents is 1. The Bertz CT molecular complexity index is 846. The Morgan fingerprint density at radius 2 is 2.00 bits per heavy atom. The van der Waals surface area contributed by atoms with Crippen molar-refractivity contribution in [3.63, 3.8) is 0 Å². The zero-order valence-electron chi connectivity index (χ0n) is 11.6. The smallest absolute Gasteiger partial charge is 0.268 e. The Kier molecular flexibility index (Phi) is 3.60. The van der Waals surface area contributed by atoms with Gasteiger partial charge in [0.2, 0.25) is 0 Å². The molecule has 110 valence electrons. The fraction of sp³-hybridized carbons (Fsp3) is 0.0667. The number of hydrogen-bond acceptors (Lipinski definition) is 4. The van der Waals surface area contributed by atoms with Gasteiger partial charge in [-0.1, -0.05) is 17.7 Å². The van der Waals surface area contributed by atoms with Crippen LogP contribution in [-0.2, 0) is 7.05 Å². The van der Waals surface area contributed by atoms with Gasteiger partial charge in [0.05, 0.1) is 26.9 Å². The molecule has 0 saturated heterocycles. The highest BCUT2D eigenvalue weighted by Gasteiger charge is 2.21. The summed E-state index contributed by atoms with van der Waals surface area (Å²) in [5.74, 6) is 0. The fourth-order valence-corrected chi connectivity index (χ4v) is 2.53. The zero-order valence-corrected chi connectivity index (χ0v) is 12.4. The lowest BCUT2D eigenvalue weighted by Gasteiger charge is -2.09. The zero-order chi connectivity index (χ0) is 15.7. The minimum atomic E-state index is -0.430. The van der Waals surface area contributed by atoms with Crippen LogP contribution in [0, 0.1) is 10.1 Å². The lowest BCUT2D eigenvalue weighted by Crippen LogP contribution is -1.98. The van der Waals surface area contributed by atoms with Crippen molar-refractivity contribution in [2.45, 2.75) is 0 Å². The van der Waals surface area contributed by atoms with Crippen LogP contribution in [0.15, 0.2) is 48.8 Å². The molecule has 0 fully saturated rings. The standard InChI is InChI=1S/C15H11ClN4O2/c1-19-14(5-7-18-19)10-9-15(20(21)22)11(8-12(10)16)13-4-2-3-6-17-13/h2-9H,1H3. The predicted molar refractivity (Wildman–Crippen MR) is 83.5 cm³/mol. The van der Waals surface area contributed by atoms with Crippen molar-refractivity contribution in [3.8, 4) is 22.5 Å². The van der Waals surface area contributed by atoms with Gasteiger partial charge in [-0.05, 0) is 24.3 Å². The first-order valence-corrected chi connectivity index (χ1v) is 6.83. The van der Waals surface area contributed by atoms with Crippen LogP contribution in [-0.4, -0.2) is 19.7 Å². The quantitative estimate of drug-likeness (QED) is 0.545. The van der Waals surface area contributed by atoms with E-state index in [-0.39, 0.29) is 5.69 Å². The highest BCUT2D eigenvalue weighted by molar-refractivity contribution is 6.33. The van der Waals surface area contributed by atoms with Crippen LogP contribution in [0.1, 0.15) is 0 Å². The summed E-state index contributed by atoms with van der Waals surface area (Å²) in [5, 5.41) is 15.9. The second kappa shape index (κ2) is 5.57. The molecule has 0 saturated carbocycles. The second-order valence-corrected chi connectivity index (χ2v) is 5.07. The summed E-state index contributed by atoms with van der Waals surface area (Å²) in [5.41, 5.74) is 2.13. The van der Waals surface area contributed by atoms with Crippen molar-refractivity contribution < 1.29 is 4.92 Å². The molecule has 1 aromatic carbocycles. The van der Waals surface area contributed by atoms with Crippen LogP contribution < -0.4 is 0 Å². The number of nitrogens with zero attached hydrogens (tertiary/aromatic N) is 4. The van der Waals surface area contributed by atoms with E-state index in [1.807, 2.05) is 0 Å². The van der Waals surface area contributed by atoms with Crippen LogP contribution in [0.3, 0.4) is 0 Å². The van der Waals surface area contributed by atoms with Crippen molar-refractivity contribution in [2.75, 3.05) is 0 Å². The average molecular weight is 315 g/mol. The van der Waals surface area contributed by atoms with Crippen molar-refractivity contribution in [1.29, 1.82) is 0 Å². The molecule has 0 aliphatic heterocycles. The Labute approximate surface area is 131 Å². The van der Waals surface area contributed by atoms with Gasteiger partial charge in [-0.2, -0.15) is 5.10 Å². The molecular formula is C15H11ClN4O2. The van der Waals surface area contributed by atoms with Crippen LogP contribution in [0.5, 0.6) is 0 Å². The molecule has 0 atom stereocenters. The minimum absolute atomic E-state index is 0.0423. The van der Waals surface area contributed by atoms with E-state index in [0.717, 1.165) is 0 Å². The number of benzene rings is 1. The van der Waals surface area contributed by atoms with E-state index in [1.165, 1.54) is 6.07 Å². The number of pyridine rings is 1. The Balaban J connectivity index is 2.24. The van der Waals surface area contributed by atoms with Crippen LogP contribution in [0.4, 0.5) is 5.69 Å². The lowest BCUT2D eigenvalue weighted by atomic mass is 10.0. The van der Waals surface area contributed by atoms with Crippen LogP contribution >= 0.6 is 11.6 Å². The molecule has 3 rings (SSSR count). The van der Waals surface area contributed by atoms with Gasteiger partial charge in [0.15, 0.2) is 0 Å². The van der Waals surface area contributed by atoms with Gasteiger partial charge in [0.25, 0.3) is 5.69 Å². The van der Waals surface area contributed by atoms with Gasteiger partial charge in [0.1, 0.15) is 0 Å². The normalized spacial score (nSPS) is 10.6. The topological polar surface area (TPSA) is 73.8 Å². The number of aryl methyl sites for hydroxylation is 1. The summed E-state index contributed by atoms with van der Waals surface area (Å²) >= 11 is 6.33. The van der Waals surface area contributed by atoms with E-state index in [9.17, 15) is 10.1 Å². The third-order valence-corrected chi connectivity index (χ3v) is 3.63. The van der Waals surface area contributed by atoms with E-state index in [4.69, 9.17) is 11.6 Å². The van der Waals surface area contributed by atoms with Crippen molar-refractivity contribution in [3.05, 3.63) is 63.9 Å². The summed E-state index contributed by atoms with van der Waals surface area (Å²) in [6.07, 6.45) is 3.20. The first-order valence-electron chi connectivity index (χ1n) is 6.45. The molecule has 2 heterocycles. The van der Waals surface area contributed by atoms with E-state index < -0.39 is 4.92 Å². The van der Waals surface area contributed by atoms with Crippen molar-refractivity contribution in [1.82, 2.24) is 14.8 Å². The molecule has 0 spiro atoms. The maximum atomic E-state index is 11.4. The highest BCUT2D eigenvalue weighted by Crippen LogP contribution is 2.38. The molecule has 0 radical (unpaired) electrons. The molecule has 7 heteroatoms. The molecular weight excluding hydrogens is 304 g/mol.